The number of carbonyl (C=O) groups is 2. The molecule has 4 rings (SSSR count). The van der Waals surface area contributed by atoms with Crippen LogP contribution in [0.25, 0.3) is 0 Å². The van der Waals surface area contributed by atoms with E-state index in [9.17, 15) is 14.4 Å². The Kier molecular flexibility index (Phi) is 5.37. The second kappa shape index (κ2) is 8.11. The summed E-state index contributed by atoms with van der Waals surface area (Å²) in [5, 5.41) is 7.70. The Balaban J connectivity index is 1.52. The highest BCUT2D eigenvalue weighted by molar-refractivity contribution is 7.12. The molecule has 3 aromatic heterocycles. The first-order valence-corrected chi connectivity index (χ1v) is 10.1. The molecular formula is C21H18N2O6S. The van der Waals surface area contributed by atoms with E-state index in [0.29, 0.717) is 17.7 Å². The number of carbonyl (C=O) groups excluding carboxylic acids is 2. The molecule has 1 amide bonds. The van der Waals surface area contributed by atoms with Crippen LogP contribution in [0.4, 0.5) is 0 Å². The Morgan fingerprint density at radius 1 is 1.30 bits per heavy atom. The zero-order valence-corrected chi connectivity index (χ0v) is 17.1. The highest BCUT2D eigenvalue weighted by Crippen LogP contribution is 2.34. The lowest BCUT2D eigenvalue weighted by atomic mass is 10.1. The van der Waals surface area contributed by atoms with E-state index in [0.717, 1.165) is 10.6 Å². The third-order valence-electron chi connectivity index (χ3n) is 4.71. The number of thiophene rings is 1. The van der Waals surface area contributed by atoms with Crippen molar-refractivity contribution in [1.82, 2.24) is 5.01 Å². The molecule has 8 nitrogen and oxygen atoms in total. The van der Waals surface area contributed by atoms with Gasteiger partial charge in [-0.15, -0.1) is 11.3 Å². The van der Waals surface area contributed by atoms with E-state index in [1.165, 1.54) is 35.6 Å². The fourth-order valence-corrected chi connectivity index (χ4v) is 4.08. The predicted molar refractivity (Wildman–Crippen MR) is 109 cm³/mol. The molecule has 154 valence electrons. The van der Waals surface area contributed by atoms with E-state index >= 15 is 0 Å². The van der Waals surface area contributed by atoms with Gasteiger partial charge < -0.3 is 13.6 Å². The molecule has 0 saturated carbocycles. The molecule has 0 N–H and O–H groups in total. The summed E-state index contributed by atoms with van der Waals surface area (Å²) in [6.45, 7) is 2.60. The van der Waals surface area contributed by atoms with E-state index in [1.807, 2.05) is 17.5 Å². The average Bonchev–Trinajstić information content (AvgIpc) is 3.46. The number of hydrogen-bond acceptors (Lipinski definition) is 8. The fraction of sp³-hybridized carbons (Fsp3) is 0.238. The maximum Gasteiger partial charge on any atom is 0.342 e. The summed E-state index contributed by atoms with van der Waals surface area (Å²) in [5.74, 6) is -0.478. The topological polar surface area (TPSA) is 102 Å². The van der Waals surface area contributed by atoms with Crippen LogP contribution in [0.15, 0.2) is 60.7 Å². The zero-order valence-electron chi connectivity index (χ0n) is 16.3. The van der Waals surface area contributed by atoms with Gasteiger partial charge in [0.25, 0.3) is 5.91 Å². The van der Waals surface area contributed by atoms with Gasteiger partial charge in [-0.3, -0.25) is 4.79 Å². The SMILES string of the molecule is Cc1cc(=O)oc(C)c1C(=O)OCC(=O)N1N=C(c2cccs2)CC1c1ccco1. The molecule has 3 aromatic rings. The first-order chi connectivity index (χ1) is 14.4. The van der Waals surface area contributed by atoms with Gasteiger partial charge in [0.05, 0.1) is 16.9 Å². The van der Waals surface area contributed by atoms with Crippen molar-refractivity contribution in [2.75, 3.05) is 6.61 Å². The summed E-state index contributed by atoms with van der Waals surface area (Å²) in [7, 11) is 0. The van der Waals surface area contributed by atoms with Crippen molar-refractivity contribution in [2.45, 2.75) is 26.3 Å². The highest BCUT2D eigenvalue weighted by atomic mass is 32.1. The maximum absolute atomic E-state index is 12.9. The van der Waals surface area contributed by atoms with Crippen LogP contribution in [0.1, 0.15) is 44.8 Å². The Morgan fingerprint density at radius 2 is 2.13 bits per heavy atom. The molecule has 1 aliphatic heterocycles. The van der Waals surface area contributed by atoms with Crippen molar-refractivity contribution < 1.29 is 23.2 Å². The van der Waals surface area contributed by atoms with Crippen molar-refractivity contribution in [2.24, 2.45) is 5.10 Å². The molecule has 0 spiro atoms. The molecule has 0 bridgehead atoms. The van der Waals surface area contributed by atoms with Crippen molar-refractivity contribution >= 4 is 28.9 Å². The summed E-state index contributed by atoms with van der Waals surface area (Å²) < 4.78 is 15.6. The lowest BCUT2D eigenvalue weighted by Crippen LogP contribution is -2.31. The van der Waals surface area contributed by atoms with Crippen LogP contribution in [0.5, 0.6) is 0 Å². The summed E-state index contributed by atoms with van der Waals surface area (Å²) in [6.07, 6.45) is 2.03. The monoisotopic (exact) mass is 426 g/mol. The van der Waals surface area contributed by atoms with Gasteiger partial charge in [-0.05, 0) is 43.0 Å². The lowest BCUT2D eigenvalue weighted by Gasteiger charge is -2.19. The number of aryl methyl sites for hydroxylation is 2. The van der Waals surface area contributed by atoms with Crippen LogP contribution in [0.3, 0.4) is 0 Å². The van der Waals surface area contributed by atoms with Crippen LogP contribution >= 0.6 is 11.3 Å². The number of hydrazone groups is 1. The summed E-state index contributed by atoms with van der Waals surface area (Å²) in [5.41, 5.74) is 0.775. The van der Waals surface area contributed by atoms with Crippen LogP contribution < -0.4 is 5.63 Å². The Bertz CT molecular complexity index is 1130. The summed E-state index contributed by atoms with van der Waals surface area (Å²) in [6, 6.07) is 8.17. The minimum Gasteiger partial charge on any atom is -0.467 e. The van der Waals surface area contributed by atoms with E-state index in [2.05, 4.69) is 5.10 Å². The van der Waals surface area contributed by atoms with Gasteiger partial charge in [-0.25, -0.2) is 14.6 Å². The van der Waals surface area contributed by atoms with Crippen molar-refractivity contribution in [3.63, 3.8) is 0 Å². The summed E-state index contributed by atoms with van der Waals surface area (Å²) in [4.78, 5) is 37.7. The van der Waals surface area contributed by atoms with Crippen LogP contribution in [-0.2, 0) is 9.53 Å². The third kappa shape index (κ3) is 3.84. The van der Waals surface area contributed by atoms with Gasteiger partial charge in [0.15, 0.2) is 6.61 Å². The first-order valence-electron chi connectivity index (χ1n) is 9.19. The molecule has 0 fully saturated rings. The second-order valence-corrected chi connectivity index (χ2v) is 7.70. The Morgan fingerprint density at radius 3 is 2.80 bits per heavy atom. The average molecular weight is 426 g/mol. The van der Waals surface area contributed by atoms with Gasteiger partial charge in [0.1, 0.15) is 23.1 Å². The smallest absolute Gasteiger partial charge is 0.342 e. The van der Waals surface area contributed by atoms with Crippen LogP contribution in [-0.4, -0.2) is 29.2 Å². The van der Waals surface area contributed by atoms with Crippen LogP contribution in [0.2, 0.25) is 0 Å². The number of furan rings is 1. The number of amides is 1. The molecule has 1 unspecified atom stereocenters. The molecule has 0 saturated heterocycles. The molecule has 1 atom stereocenters. The van der Waals surface area contributed by atoms with Gasteiger partial charge in [-0.2, -0.15) is 5.10 Å². The van der Waals surface area contributed by atoms with E-state index in [-0.39, 0.29) is 11.3 Å². The van der Waals surface area contributed by atoms with Gasteiger partial charge in [0.2, 0.25) is 0 Å². The van der Waals surface area contributed by atoms with E-state index in [4.69, 9.17) is 13.6 Å². The second-order valence-electron chi connectivity index (χ2n) is 6.75. The molecule has 30 heavy (non-hydrogen) atoms. The predicted octanol–water partition coefficient (Wildman–Crippen LogP) is 3.45. The minimum atomic E-state index is -0.738. The molecule has 4 heterocycles. The zero-order chi connectivity index (χ0) is 21.3. The van der Waals surface area contributed by atoms with Crippen molar-refractivity contribution in [1.29, 1.82) is 0 Å². The number of rotatable bonds is 5. The summed E-state index contributed by atoms with van der Waals surface area (Å²) >= 11 is 1.53. The molecule has 9 heteroatoms. The Labute approximate surface area is 175 Å². The maximum atomic E-state index is 12.9. The third-order valence-corrected chi connectivity index (χ3v) is 5.63. The van der Waals surface area contributed by atoms with Crippen LogP contribution in [0, 0.1) is 13.8 Å². The van der Waals surface area contributed by atoms with Gasteiger partial charge in [-0.1, -0.05) is 6.07 Å². The highest BCUT2D eigenvalue weighted by Gasteiger charge is 2.35. The molecule has 1 aliphatic rings. The number of ether oxygens (including phenoxy) is 1. The molecule has 0 radical (unpaired) electrons. The van der Waals surface area contributed by atoms with E-state index < -0.39 is 30.2 Å². The molecule has 0 aromatic carbocycles. The van der Waals surface area contributed by atoms with Crippen molar-refractivity contribution in [3.8, 4) is 0 Å². The number of hydrogen-bond donors (Lipinski definition) is 0. The molecular weight excluding hydrogens is 408 g/mol. The first kappa shape index (κ1) is 19.8. The minimum absolute atomic E-state index is 0.134. The number of esters is 1. The standard InChI is InChI=1S/C21H18N2O6S/c1-12-9-19(25)29-13(2)20(12)21(26)28-11-18(24)23-15(16-5-3-7-27-16)10-14(22-23)17-6-4-8-30-17/h3-9,15H,10-11H2,1-2H3. The molecule has 0 aliphatic carbocycles. The number of nitrogens with zero attached hydrogens (tertiary/aromatic N) is 2. The Hall–Kier alpha value is -3.46. The normalized spacial score (nSPS) is 15.9. The lowest BCUT2D eigenvalue weighted by molar-refractivity contribution is -0.136. The van der Waals surface area contributed by atoms with Gasteiger partial charge in [0, 0.05) is 12.5 Å². The largest absolute Gasteiger partial charge is 0.467 e. The van der Waals surface area contributed by atoms with Crippen molar-refractivity contribution in [3.05, 3.63) is 79.9 Å². The van der Waals surface area contributed by atoms with E-state index in [1.54, 1.807) is 19.1 Å². The quantitative estimate of drug-likeness (QED) is 0.579. The van der Waals surface area contributed by atoms with Gasteiger partial charge >= 0.3 is 11.6 Å². The fourth-order valence-electron chi connectivity index (χ4n) is 3.36.